The molecule has 10 atom stereocenters. The van der Waals surface area contributed by atoms with Crippen LogP contribution >= 0.6 is 0 Å². The van der Waals surface area contributed by atoms with Crippen LogP contribution in [-0.4, -0.2) is 48.5 Å². The topological polar surface area (TPSA) is 73.5 Å². The van der Waals surface area contributed by atoms with Gasteiger partial charge >= 0.3 is 0 Å². The average molecular weight is 1310 g/mol. The lowest BCUT2D eigenvalue weighted by molar-refractivity contribution is 0.250. The van der Waals surface area contributed by atoms with Gasteiger partial charge in [-0.1, -0.05) is 168 Å². The summed E-state index contributed by atoms with van der Waals surface area (Å²) in [5.41, 5.74) is 26.9. The van der Waals surface area contributed by atoms with Crippen molar-refractivity contribution >= 4 is 22.8 Å². The van der Waals surface area contributed by atoms with Gasteiger partial charge in [-0.05, 0) is 316 Å². The van der Waals surface area contributed by atoms with E-state index in [1.54, 1.807) is 50.2 Å². The first-order valence-corrected chi connectivity index (χ1v) is 40.9. The Morgan fingerprint density at radius 1 is 0.411 bits per heavy atom. The standard InChI is InChI=1S/4C18H31N.C17H30N2/c3*1-12(2)15-7-6-8-17-16(10-9-15)14(5)19-11-18(17)13(3)4;1-12(2)15-7-6-8-17-16(10-9-15)14(5)11-19-18(17)13(3)4;1-11(2)14-7-6-8-16-15(10-9-14)13(5)18-19-17(16)12(3)4/h12-13,15,19H,6-11H2,1-5H3;12-13,15,18H,6-11H2,1-5H3;12-13,15-16H,6-11H2,1-5H3;11-13,15-17H,6-10H2,1-5H3;11-14,18H,6-10H2,1-5H3. The molecule has 0 spiro atoms. The minimum atomic E-state index is 0.434. The predicted octanol–water partition coefficient (Wildman–Crippen LogP) is 25.6. The fourth-order valence-electron chi connectivity index (χ4n) is 19.2. The molecule has 0 saturated heterocycles. The molecular formula is C89H154N6. The van der Waals surface area contributed by atoms with Crippen LogP contribution in [0.25, 0.3) is 0 Å². The third kappa shape index (κ3) is 22.9. The molecule has 3 saturated carbocycles. The summed E-state index contributed by atoms with van der Waals surface area (Å²) in [5, 5.41) is 8.26. The summed E-state index contributed by atoms with van der Waals surface area (Å²) in [6.45, 7) is 61.5. The summed E-state index contributed by atoms with van der Waals surface area (Å²) in [4.78, 5) is 14.4. The number of hydrogen-bond acceptors (Lipinski definition) is 6. The van der Waals surface area contributed by atoms with Crippen molar-refractivity contribution in [3.05, 3.63) is 67.6 Å². The Morgan fingerprint density at radius 2 is 0.916 bits per heavy atom. The average Bonchev–Trinajstić information content (AvgIpc) is 0.859. The maximum Gasteiger partial charge on any atom is 0.0660 e. The van der Waals surface area contributed by atoms with E-state index in [0.717, 1.165) is 96.6 Å². The van der Waals surface area contributed by atoms with Gasteiger partial charge in [0.15, 0.2) is 0 Å². The number of aliphatic imine (C=N–C) groups is 3. The first-order chi connectivity index (χ1) is 45.0. The smallest absolute Gasteiger partial charge is 0.0660 e. The highest BCUT2D eigenvalue weighted by Gasteiger charge is 2.36. The van der Waals surface area contributed by atoms with Gasteiger partial charge in [-0.15, -0.1) is 0 Å². The lowest BCUT2D eigenvalue weighted by atomic mass is 9.69. The van der Waals surface area contributed by atoms with Crippen LogP contribution in [0.4, 0.5) is 0 Å². The molecule has 0 amide bonds. The quantitative estimate of drug-likeness (QED) is 0.214. The molecule has 10 rings (SSSR count). The highest BCUT2D eigenvalue weighted by atomic mass is 15.3. The van der Waals surface area contributed by atoms with Crippen LogP contribution in [0, 0.1) is 112 Å². The number of dihydropyridines is 3. The van der Waals surface area contributed by atoms with Crippen molar-refractivity contribution < 1.29 is 0 Å². The van der Waals surface area contributed by atoms with E-state index in [2.05, 4.69) is 195 Å². The Bertz CT molecular complexity index is 2730. The zero-order valence-electron chi connectivity index (χ0n) is 67.2. The van der Waals surface area contributed by atoms with E-state index < -0.39 is 0 Å². The van der Waals surface area contributed by atoms with Gasteiger partial charge in [0.05, 0.1) is 18.3 Å². The molecule has 0 aromatic rings. The first-order valence-electron chi connectivity index (χ1n) is 40.9. The molecular weight excluding hydrogens is 1150 g/mol. The van der Waals surface area contributed by atoms with E-state index in [1.807, 2.05) is 0 Å². The summed E-state index contributed by atoms with van der Waals surface area (Å²) in [6.07, 6.45) is 36.1. The van der Waals surface area contributed by atoms with Crippen LogP contribution in [0.3, 0.4) is 0 Å². The van der Waals surface area contributed by atoms with Gasteiger partial charge in [0.1, 0.15) is 0 Å². The lowest BCUT2D eigenvalue weighted by Gasteiger charge is -2.37. The number of hydrazone groups is 1. The lowest BCUT2D eigenvalue weighted by Crippen LogP contribution is -2.34. The number of rotatable bonds is 10. The number of hydrogen-bond donors (Lipinski definition) is 2. The van der Waals surface area contributed by atoms with E-state index in [1.165, 1.54) is 195 Å². The second kappa shape index (κ2) is 39.1. The Balaban J connectivity index is 0.000000188. The van der Waals surface area contributed by atoms with Gasteiger partial charge in [-0.25, -0.2) is 0 Å². The second-order valence-corrected chi connectivity index (χ2v) is 35.7. The summed E-state index contributed by atoms with van der Waals surface area (Å²) in [5.74, 6) is 15.0. The third-order valence-corrected chi connectivity index (χ3v) is 26.0. The van der Waals surface area contributed by atoms with Crippen molar-refractivity contribution in [2.24, 2.45) is 133 Å². The van der Waals surface area contributed by atoms with Crippen molar-refractivity contribution in [2.75, 3.05) is 19.6 Å². The molecule has 5 aliphatic heterocycles. The second-order valence-electron chi connectivity index (χ2n) is 35.7. The van der Waals surface area contributed by atoms with E-state index in [4.69, 9.17) is 15.0 Å². The molecule has 3 fully saturated rings. The SMILES string of the molecule is CC(C)C1=NNC(C)C2=C1CCCC(C(C)C)CC2.CC1=C2CCC(C(C)C)CCCC2=C(C(C)C)CN1.CC1=CN=C(C(C)C)C2CCCC(C(C)C)CCC12.CC1=NCC(C(C)C)=C2CCCC(C(C)C)CCC12.CC1=NCC(C(C)C)C2=C1CCC(C(C)C)CCC2. The highest BCUT2D eigenvalue weighted by molar-refractivity contribution is 6.02. The number of nitrogens with zero attached hydrogens (tertiary/aromatic N) is 4. The highest BCUT2D eigenvalue weighted by Crippen LogP contribution is 2.45. The van der Waals surface area contributed by atoms with Crippen molar-refractivity contribution in [3.63, 3.8) is 0 Å². The summed E-state index contributed by atoms with van der Waals surface area (Å²) in [7, 11) is 0. The Labute approximate surface area is 589 Å². The third-order valence-electron chi connectivity index (χ3n) is 26.0. The summed E-state index contributed by atoms with van der Waals surface area (Å²) in [6, 6.07) is 0.434. The van der Waals surface area contributed by atoms with Gasteiger partial charge in [0, 0.05) is 59.9 Å². The summed E-state index contributed by atoms with van der Waals surface area (Å²) < 4.78 is 0. The van der Waals surface area contributed by atoms with Crippen molar-refractivity contribution in [2.45, 2.75) is 340 Å². The molecule has 5 aliphatic carbocycles. The largest absolute Gasteiger partial charge is 0.385 e. The van der Waals surface area contributed by atoms with Crippen LogP contribution in [0.5, 0.6) is 0 Å². The molecule has 0 radical (unpaired) electrons. The Kier molecular flexibility index (Phi) is 33.2. The fourth-order valence-corrected chi connectivity index (χ4v) is 19.2. The van der Waals surface area contributed by atoms with Gasteiger partial charge in [0.2, 0.25) is 0 Å². The van der Waals surface area contributed by atoms with Crippen LogP contribution in [0.15, 0.2) is 87.7 Å². The molecule has 2 N–H and O–H groups in total. The molecule has 95 heavy (non-hydrogen) atoms. The van der Waals surface area contributed by atoms with Crippen molar-refractivity contribution in [3.8, 4) is 0 Å². The van der Waals surface area contributed by atoms with E-state index in [-0.39, 0.29) is 0 Å². The zero-order valence-corrected chi connectivity index (χ0v) is 67.2. The molecule has 5 heterocycles. The molecule has 6 heteroatoms. The molecule has 6 nitrogen and oxygen atoms in total. The monoisotopic (exact) mass is 1310 g/mol. The van der Waals surface area contributed by atoms with Crippen LogP contribution in [0.2, 0.25) is 0 Å². The van der Waals surface area contributed by atoms with Gasteiger partial charge in [-0.3, -0.25) is 15.0 Å². The number of nitrogens with one attached hydrogen (secondary N) is 2. The molecule has 10 unspecified atom stereocenters. The van der Waals surface area contributed by atoms with Gasteiger partial charge < -0.3 is 10.7 Å². The number of allylic oxidation sites excluding steroid dienone is 7. The van der Waals surface area contributed by atoms with Crippen LogP contribution in [-0.2, 0) is 0 Å². The minimum Gasteiger partial charge on any atom is -0.385 e. The Morgan fingerprint density at radius 3 is 1.45 bits per heavy atom. The van der Waals surface area contributed by atoms with E-state index in [0.29, 0.717) is 41.5 Å². The maximum absolute atomic E-state index is 4.82. The maximum atomic E-state index is 4.82. The van der Waals surface area contributed by atoms with Crippen LogP contribution in [0.1, 0.15) is 334 Å². The minimum absolute atomic E-state index is 0.434. The molecule has 0 bridgehead atoms. The molecule has 0 aromatic carbocycles. The van der Waals surface area contributed by atoms with Crippen LogP contribution < -0.4 is 10.7 Å². The molecule has 540 valence electrons. The normalized spacial score (nSPS) is 28.9. The number of fused-ring (bicyclic) bond motifs is 3. The zero-order chi connectivity index (χ0) is 70.0. The fraction of sp³-hybridized carbons (Fsp3) is 0.820. The van der Waals surface area contributed by atoms with E-state index >= 15 is 0 Å². The van der Waals surface area contributed by atoms with Gasteiger partial charge in [-0.2, -0.15) is 5.10 Å². The van der Waals surface area contributed by atoms with E-state index in [9.17, 15) is 0 Å². The Hall–Kier alpha value is -3.28. The van der Waals surface area contributed by atoms with Crippen molar-refractivity contribution in [1.29, 1.82) is 0 Å². The first kappa shape index (κ1) is 80.7. The van der Waals surface area contributed by atoms with Crippen molar-refractivity contribution in [1.82, 2.24) is 10.7 Å². The molecule has 10 aliphatic rings. The molecule has 0 aromatic heterocycles. The summed E-state index contributed by atoms with van der Waals surface area (Å²) >= 11 is 0. The predicted molar refractivity (Wildman–Crippen MR) is 421 cm³/mol. The van der Waals surface area contributed by atoms with Gasteiger partial charge in [0.25, 0.3) is 0 Å².